The van der Waals surface area contributed by atoms with Gasteiger partial charge in [-0.3, -0.25) is 15.1 Å². The molecule has 4 heteroatoms. The van der Waals surface area contributed by atoms with Gasteiger partial charge in [-0.05, 0) is 33.3 Å². The van der Waals surface area contributed by atoms with Crippen molar-refractivity contribution in [3.63, 3.8) is 0 Å². The average molecular weight is 245 g/mol. The maximum absolute atomic E-state index is 12.1. The zero-order chi connectivity index (χ0) is 13.3. The van der Waals surface area contributed by atoms with Gasteiger partial charge in [0.15, 0.2) is 5.96 Å². The Morgan fingerprint density at radius 2 is 1.83 bits per heavy atom. The van der Waals surface area contributed by atoms with Crippen LogP contribution in [0.15, 0.2) is 29.3 Å². The molecular formula is C14H19N3O. The highest BCUT2D eigenvalue weighted by molar-refractivity contribution is 6.09. The smallest absolute Gasteiger partial charge is 0.256 e. The van der Waals surface area contributed by atoms with Gasteiger partial charge in [0.2, 0.25) is 0 Å². The number of amides is 1. The van der Waals surface area contributed by atoms with E-state index in [1.807, 2.05) is 52.0 Å². The minimum absolute atomic E-state index is 0.0641. The first-order valence-electron chi connectivity index (χ1n) is 6.16. The highest BCUT2D eigenvalue weighted by atomic mass is 16.2. The van der Waals surface area contributed by atoms with Crippen LogP contribution in [0, 0.1) is 6.92 Å². The number of hydrogen-bond acceptors (Lipinski definition) is 2. The van der Waals surface area contributed by atoms with Gasteiger partial charge in [0, 0.05) is 6.04 Å². The predicted molar refractivity (Wildman–Crippen MR) is 72.4 cm³/mol. The second-order valence-corrected chi connectivity index (χ2v) is 5.14. The molecule has 1 aliphatic rings. The summed E-state index contributed by atoms with van der Waals surface area (Å²) in [7, 11) is 0. The fourth-order valence-corrected chi connectivity index (χ4v) is 1.97. The highest BCUT2D eigenvalue weighted by Gasteiger charge is 2.42. The van der Waals surface area contributed by atoms with Gasteiger partial charge in [-0.15, -0.1) is 0 Å². The molecule has 96 valence electrons. The second kappa shape index (κ2) is 4.44. The largest absolute Gasteiger partial charge is 0.338 e. The lowest BCUT2D eigenvalue weighted by atomic mass is 9.92. The third kappa shape index (κ3) is 2.23. The van der Waals surface area contributed by atoms with Gasteiger partial charge in [0.1, 0.15) is 5.54 Å². The van der Waals surface area contributed by atoms with Crippen LogP contribution in [0.1, 0.15) is 31.9 Å². The molecule has 18 heavy (non-hydrogen) atoms. The van der Waals surface area contributed by atoms with E-state index in [-0.39, 0.29) is 11.9 Å². The molecule has 1 saturated heterocycles. The van der Waals surface area contributed by atoms with Crippen LogP contribution < -0.4 is 10.6 Å². The Balaban J connectivity index is 2.32. The van der Waals surface area contributed by atoms with E-state index >= 15 is 0 Å². The van der Waals surface area contributed by atoms with E-state index in [2.05, 4.69) is 15.6 Å². The summed E-state index contributed by atoms with van der Waals surface area (Å²) in [6, 6.07) is 8.11. The van der Waals surface area contributed by atoms with Gasteiger partial charge in [-0.1, -0.05) is 29.8 Å². The minimum Gasteiger partial charge on any atom is -0.338 e. The number of guanidine groups is 1. The summed E-state index contributed by atoms with van der Waals surface area (Å²) in [5.41, 5.74) is 1.39. The Labute approximate surface area is 108 Å². The summed E-state index contributed by atoms with van der Waals surface area (Å²) in [4.78, 5) is 16.5. The molecule has 1 aromatic carbocycles. The van der Waals surface area contributed by atoms with Crippen molar-refractivity contribution in [2.45, 2.75) is 39.3 Å². The van der Waals surface area contributed by atoms with Gasteiger partial charge >= 0.3 is 0 Å². The first kappa shape index (κ1) is 12.6. The van der Waals surface area contributed by atoms with Crippen LogP contribution in [0.4, 0.5) is 0 Å². The number of rotatable bonds is 2. The summed E-state index contributed by atoms with van der Waals surface area (Å²) in [5.74, 6) is 0.490. The molecule has 0 spiro atoms. The topological polar surface area (TPSA) is 53.5 Å². The molecule has 0 radical (unpaired) electrons. The Hall–Kier alpha value is -1.84. The first-order valence-corrected chi connectivity index (χ1v) is 6.16. The van der Waals surface area contributed by atoms with Crippen molar-refractivity contribution in [2.24, 2.45) is 4.99 Å². The van der Waals surface area contributed by atoms with Crippen LogP contribution in [-0.4, -0.2) is 17.9 Å². The standard InChI is InChI=1S/C14H19N3O/c1-9(2)15-13-16-12(18)14(4,17-13)11-7-5-10(3)6-8-11/h5-9H,1-4H3,(H2,15,16,17,18). The molecule has 4 nitrogen and oxygen atoms in total. The lowest BCUT2D eigenvalue weighted by Crippen LogP contribution is -2.40. The number of carbonyl (C=O) groups excluding carboxylic acids is 1. The maximum atomic E-state index is 12.1. The fraction of sp³-hybridized carbons (Fsp3) is 0.429. The molecule has 1 atom stereocenters. The van der Waals surface area contributed by atoms with Crippen LogP contribution in [-0.2, 0) is 10.3 Å². The lowest BCUT2D eigenvalue weighted by Gasteiger charge is -2.21. The Morgan fingerprint density at radius 3 is 2.39 bits per heavy atom. The first-order chi connectivity index (χ1) is 8.41. The predicted octanol–water partition coefficient (Wildman–Crippen LogP) is 1.69. The van der Waals surface area contributed by atoms with Crippen molar-refractivity contribution >= 4 is 11.9 Å². The van der Waals surface area contributed by atoms with Gasteiger partial charge in [0.05, 0.1) is 0 Å². The van der Waals surface area contributed by atoms with E-state index in [0.29, 0.717) is 5.96 Å². The molecule has 1 fully saturated rings. The molecule has 1 aromatic rings. The second-order valence-electron chi connectivity index (χ2n) is 5.14. The molecule has 0 saturated carbocycles. The Kier molecular flexibility index (Phi) is 3.11. The summed E-state index contributed by atoms with van der Waals surface area (Å²) in [5, 5.41) is 5.96. The Morgan fingerprint density at radius 1 is 1.22 bits per heavy atom. The zero-order valence-corrected chi connectivity index (χ0v) is 11.2. The number of aryl methyl sites for hydroxylation is 1. The van der Waals surface area contributed by atoms with Gasteiger partial charge < -0.3 is 5.32 Å². The summed E-state index contributed by atoms with van der Waals surface area (Å²) < 4.78 is 0. The average Bonchev–Trinajstić information content (AvgIpc) is 2.55. The SMILES string of the molecule is Cc1ccc(C2(C)NC(=NC(C)C)NC2=O)cc1. The van der Waals surface area contributed by atoms with Gasteiger partial charge in [-0.25, -0.2) is 0 Å². The molecule has 1 amide bonds. The van der Waals surface area contributed by atoms with E-state index in [1.54, 1.807) is 0 Å². The fourth-order valence-electron chi connectivity index (χ4n) is 1.97. The van der Waals surface area contributed by atoms with Crippen molar-refractivity contribution in [2.75, 3.05) is 0 Å². The van der Waals surface area contributed by atoms with E-state index in [4.69, 9.17) is 0 Å². The molecule has 2 rings (SSSR count). The molecule has 0 aliphatic carbocycles. The maximum Gasteiger partial charge on any atom is 0.256 e. The zero-order valence-electron chi connectivity index (χ0n) is 11.2. The lowest BCUT2D eigenvalue weighted by molar-refractivity contribution is -0.123. The molecule has 0 aromatic heterocycles. The molecule has 2 N–H and O–H groups in total. The number of nitrogens with zero attached hydrogens (tertiary/aromatic N) is 1. The van der Waals surface area contributed by atoms with Crippen molar-refractivity contribution in [1.29, 1.82) is 0 Å². The van der Waals surface area contributed by atoms with Crippen molar-refractivity contribution < 1.29 is 4.79 Å². The molecule has 0 bridgehead atoms. The monoisotopic (exact) mass is 245 g/mol. The summed E-state index contributed by atoms with van der Waals surface area (Å²) in [6.07, 6.45) is 0. The molecule has 1 heterocycles. The number of nitrogens with one attached hydrogen (secondary N) is 2. The van der Waals surface area contributed by atoms with E-state index in [9.17, 15) is 4.79 Å². The van der Waals surface area contributed by atoms with Crippen LogP contribution in [0.3, 0.4) is 0 Å². The Bertz CT molecular complexity index is 490. The third-order valence-corrected chi connectivity index (χ3v) is 3.07. The summed E-state index contributed by atoms with van der Waals surface area (Å²) in [6.45, 7) is 7.85. The van der Waals surface area contributed by atoms with Crippen molar-refractivity contribution in [3.8, 4) is 0 Å². The van der Waals surface area contributed by atoms with E-state index in [1.165, 1.54) is 5.56 Å². The quantitative estimate of drug-likeness (QED) is 0.833. The normalized spacial score (nSPS) is 25.4. The summed E-state index contributed by atoms with van der Waals surface area (Å²) >= 11 is 0. The molecule has 1 aliphatic heterocycles. The van der Waals surface area contributed by atoms with Crippen LogP contribution in [0.2, 0.25) is 0 Å². The van der Waals surface area contributed by atoms with E-state index < -0.39 is 5.54 Å². The third-order valence-electron chi connectivity index (χ3n) is 3.07. The molecular weight excluding hydrogens is 226 g/mol. The van der Waals surface area contributed by atoms with Crippen LogP contribution in [0.25, 0.3) is 0 Å². The number of aliphatic imine (C=N–C) groups is 1. The number of carbonyl (C=O) groups is 1. The van der Waals surface area contributed by atoms with Crippen LogP contribution in [0.5, 0.6) is 0 Å². The number of benzene rings is 1. The van der Waals surface area contributed by atoms with Gasteiger partial charge in [0.25, 0.3) is 5.91 Å². The number of hydrogen-bond donors (Lipinski definition) is 2. The van der Waals surface area contributed by atoms with Gasteiger partial charge in [-0.2, -0.15) is 0 Å². The van der Waals surface area contributed by atoms with Crippen molar-refractivity contribution in [1.82, 2.24) is 10.6 Å². The highest BCUT2D eigenvalue weighted by Crippen LogP contribution is 2.24. The molecule has 1 unspecified atom stereocenters. The van der Waals surface area contributed by atoms with Crippen LogP contribution >= 0.6 is 0 Å². The minimum atomic E-state index is -0.735. The van der Waals surface area contributed by atoms with Crippen molar-refractivity contribution in [3.05, 3.63) is 35.4 Å². The van der Waals surface area contributed by atoms with E-state index in [0.717, 1.165) is 5.56 Å².